The van der Waals surface area contributed by atoms with Crippen LogP contribution in [0.3, 0.4) is 0 Å². The summed E-state index contributed by atoms with van der Waals surface area (Å²) < 4.78 is 11.9. The van der Waals surface area contributed by atoms with Gasteiger partial charge in [-0.2, -0.15) is 0 Å². The van der Waals surface area contributed by atoms with Crippen LogP contribution in [0.25, 0.3) is 0 Å². The highest BCUT2D eigenvalue weighted by atomic mass is 16.7. The third kappa shape index (κ3) is 2.13. The Labute approximate surface area is 120 Å². The molecule has 20 heavy (non-hydrogen) atoms. The minimum absolute atomic E-state index is 0.266. The molecule has 2 aliphatic rings. The summed E-state index contributed by atoms with van der Waals surface area (Å²) >= 11 is 0. The van der Waals surface area contributed by atoms with Gasteiger partial charge in [0.25, 0.3) is 0 Å². The number of hydrogen-bond acceptors (Lipinski definition) is 4. The molecule has 0 aromatic carbocycles. The van der Waals surface area contributed by atoms with Crippen LogP contribution in [-0.4, -0.2) is 28.4 Å². The van der Waals surface area contributed by atoms with Crippen molar-refractivity contribution in [2.75, 3.05) is 0 Å². The molecule has 0 amide bonds. The van der Waals surface area contributed by atoms with Crippen molar-refractivity contribution in [1.82, 2.24) is 4.98 Å². The molecule has 1 saturated carbocycles. The number of pyridine rings is 1. The Hall–Kier alpha value is -1.07. The van der Waals surface area contributed by atoms with E-state index in [1.165, 1.54) is 6.42 Å². The van der Waals surface area contributed by atoms with Gasteiger partial charge in [0.15, 0.2) is 0 Å². The number of aromatic nitrogens is 1. The smallest absolute Gasteiger partial charge is 0.496 e. The summed E-state index contributed by atoms with van der Waals surface area (Å²) in [4.78, 5) is 4.43. The molecule has 1 saturated heterocycles. The maximum absolute atomic E-state index is 10.2. The van der Waals surface area contributed by atoms with Gasteiger partial charge in [0.2, 0.25) is 0 Å². The van der Waals surface area contributed by atoms with E-state index < -0.39 is 7.12 Å². The average molecular weight is 275 g/mol. The molecule has 1 aliphatic carbocycles. The second kappa shape index (κ2) is 4.47. The van der Waals surface area contributed by atoms with Gasteiger partial charge in [-0.15, -0.1) is 0 Å². The SMILES string of the molecule is CC1(C)OB(c2cnc(C3CCC3)c(O)c2)OC1(C)C. The van der Waals surface area contributed by atoms with Gasteiger partial charge in [-0.3, -0.25) is 4.98 Å². The van der Waals surface area contributed by atoms with Crippen molar-refractivity contribution in [3.63, 3.8) is 0 Å². The monoisotopic (exact) mass is 275 g/mol. The van der Waals surface area contributed by atoms with E-state index in [1.54, 1.807) is 12.3 Å². The quantitative estimate of drug-likeness (QED) is 0.842. The lowest BCUT2D eigenvalue weighted by Crippen LogP contribution is -2.41. The fourth-order valence-electron chi connectivity index (χ4n) is 2.58. The highest BCUT2D eigenvalue weighted by Crippen LogP contribution is 2.39. The van der Waals surface area contributed by atoms with Gasteiger partial charge in [0.1, 0.15) is 5.75 Å². The first-order valence-electron chi connectivity index (χ1n) is 7.34. The molecule has 1 N–H and O–H groups in total. The Kier molecular flexibility index (Phi) is 3.10. The lowest BCUT2D eigenvalue weighted by molar-refractivity contribution is 0.00578. The molecular weight excluding hydrogens is 253 g/mol. The van der Waals surface area contributed by atoms with Gasteiger partial charge >= 0.3 is 7.12 Å². The topological polar surface area (TPSA) is 51.6 Å². The fraction of sp³-hybridized carbons (Fsp3) is 0.667. The maximum Gasteiger partial charge on any atom is 0.496 e. The van der Waals surface area contributed by atoms with Crippen molar-refractivity contribution in [1.29, 1.82) is 0 Å². The van der Waals surface area contributed by atoms with Crippen LogP contribution in [0.5, 0.6) is 5.75 Å². The summed E-state index contributed by atoms with van der Waals surface area (Å²) in [5.74, 6) is 0.684. The standard InChI is InChI=1S/C15H22BNO3/c1-14(2)15(3,4)20-16(19-14)11-8-12(18)13(17-9-11)10-6-5-7-10/h8-10,18H,5-7H2,1-4H3. The van der Waals surface area contributed by atoms with Gasteiger partial charge in [-0.25, -0.2) is 0 Å². The van der Waals surface area contributed by atoms with Crippen LogP contribution in [0.2, 0.25) is 0 Å². The second-order valence-electron chi connectivity index (χ2n) is 6.89. The molecule has 0 spiro atoms. The van der Waals surface area contributed by atoms with E-state index in [-0.39, 0.29) is 17.0 Å². The number of rotatable bonds is 2. The van der Waals surface area contributed by atoms with Crippen molar-refractivity contribution in [2.45, 2.75) is 64.1 Å². The highest BCUT2D eigenvalue weighted by molar-refractivity contribution is 6.62. The Morgan fingerprint density at radius 3 is 2.25 bits per heavy atom. The number of hydrogen-bond donors (Lipinski definition) is 1. The van der Waals surface area contributed by atoms with Crippen LogP contribution in [0.4, 0.5) is 0 Å². The lowest BCUT2D eigenvalue weighted by atomic mass is 9.78. The van der Waals surface area contributed by atoms with E-state index in [0.717, 1.165) is 24.0 Å². The van der Waals surface area contributed by atoms with Gasteiger partial charge in [-0.1, -0.05) is 6.42 Å². The van der Waals surface area contributed by atoms with Crippen LogP contribution < -0.4 is 5.46 Å². The summed E-state index contributed by atoms with van der Waals surface area (Å²) in [6.07, 6.45) is 5.24. The summed E-state index contributed by atoms with van der Waals surface area (Å²) in [6, 6.07) is 1.74. The van der Waals surface area contributed by atoms with E-state index in [2.05, 4.69) is 4.98 Å². The molecule has 108 valence electrons. The predicted octanol–water partition coefficient (Wildman–Crippen LogP) is 2.35. The van der Waals surface area contributed by atoms with E-state index in [9.17, 15) is 5.11 Å². The normalized spacial score (nSPS) is 24.7. The number of aromatic hydroxyl groups is 1. The van der Waals surface area contributed by atoms with Crippen LogP contribution in [0, 0.1) is 0 Å². The Morgan fingerprint density at radius 2 is 1.80 bits per heavy atom. The average Bonchev–Trinajstić information content (AvgIpc) is 2.48. The van der Waals surface area contributed by atoms with Crippen molar-refractivity contribution in [2.24, 2.45) is 0 Å². The molecule has 4 nitrogen and oxygen atoms in total. The Balaban J connectivity index is 1.83. The second-order valence-corrected chi connectivity index (χ2v) is 6.89. The molecular formula is C15H22BNO3. The van der Waals surface area contributed by atoms with Gasteiger partial charge in [0.05, 0.1) is 16.9 Å². The zero-order valence-electron chi connectivity index (χ0n) is 12.6. The fourth-order valence-corrected chi connectivity index (χ4v) is 2.58. The van der Waals surface area contributed by atoms with Crippen LogP contribution >= 0.6 is 0 Å². The molecule has 1 aromatic heterocycles. The molecule has 0 bridgehead atoms. The minimum atomic E-state index is -0.464. The van der Waals surface area contributed by atoms with E-state index >= 15 is 0 Å². The minimum Gasteiger partial charge on any atom is -0.506 e. The molecule has 0 unspecified atom stereocenters. The zero-order valence-corrected chi connectivity index (χ0v) is 12.6. The van der Waals surface area contributed by atoms with E-state index in [1.807, 2.05) is 27.7 Å². The first-order chi connectivity index (χ1) is 9.30. The molecule has 2 fully saturated rings. The van der Waals surface area contributed by atoms with Crippen LogP contribution in [0.15, 0.2) is 12.3 Å². The van der Waals surface area contributed by atoms with E-state index in [4.69, 9.17) is 9.31 Å². The largest absolute Gasteiger partial charge is 0.506 e. The molecule has 0 radical (unpaired) electrons. The molecule has 2 heterocycles. The van der Waals surface area contributed by atoms with Crippen molar-refractivity contribution < 1.29 is 14.4 Å². The first kappa shape index (κ1) is 13.9. The third-order valence-electron chi connectivity index (χ3n) is 4.94. The summed E-state index contributed by atoms with van der Waals surface area (Å²) in [5.41, 5.74) is 0.848. The summed E-state index contributed by atoms with van der Waals surface area (Å²) in [5, 5.41) is 10.2. The molecule has 5 heteroatoms. The molecule has 3 rings (SSSR count). The lowest BCUT2D eigenvalue weighted by Gasteiger charge is -2.32. The highest BCUT2D eigenvalue weighted by Gasteiger charge is 2.52. The van der Waals surface area contributed by atoms with Gasteiger partial charge < -0.3 is 14.4 Å². The zero-order chi connectivity index (χ0) is 14.5. The Morgan fingerprint density at radius 1 is 1.20 bits per heavy atom. The van der Waals surface area contributed by atoms with Crippen LogP contribution in [-0.2, 0) is 9.31 Å². The summed E-state index contributed by atoms with van der Waals surface area (Å²) in [6.45, 7) is 8.07. The van der Waals surface area contributed by atoms with Crippen molar-refractivity contribution >= 4 is 12.6 Å². The van der Waals surface area contributed by atoms with E-state index in [0.29, 0.717) is 5.92 Å². The summed E-state index contributed by atoms with van der Waals surface area (Å²) in [7, 11) is -0.464. The van der Waals surface area contributed by atoms with Crippen molar-refractivity contribution in [3.05, 3.63) is 18.0 Å². The number of nitrogens with zero attached hydrogens (tertiary/aromatic N) is 1. The van der Waals surface area contributed by atoms with Gasteiger partial charge in [-0.05, 0) is 46.6 Å². The molecule has 1 aromatic rings. The molecule has 1 aliphatic heterocycles. The Bertz CT molecular complexity index is 510. The van der Waals surface area contributed by atoms with Crippen LogP contribution in [0.1, 0.15) is 58.6 Å². The molecule has 0 atom stereocenters. The maximum atomic E-state index is 10.2. The first-order valence-corrected chi connectivity index (χ1v) is 7.34. The third-order valence-corrected chi connectivity index (χ3v) is 4.94. The van der Waals surface area contributed by atoms with Gasteiger partial charge in [0, 0.05) is 17.6 Å². The van der Waals surface area contributed by atoms with Crippen molar-refractivity contribution in [3.8, 4) is 5.75 Å². The predicted molar refractivity (Wildman–Crippen MR) is 78.2 cm³/mol.